The van der Waals surface area contributed by atoms with E-state index in [2.05, 4.69) is 6.07 Å². The first-order valence-corrected chi connectivity index (χ1v) is 8.96. The summed E-state index contributed by atoms with van der Waals surface area (Å²) in [6.45, 7) is 0. The van der Waals surface area contributed by atoms with Crippen molar-refractivity contribution in [2.24, 2.45) is 0 Å². The van der Waals surface area contributed by atoms with E-state index >= 15 is 0 Å². The number of ether oxygens (including phenoxy) is 1. The van der Waals surface area contributed by atoms with Crippen LogP contribution in [0.4, 0.5) is 11.4 Å². The molecule has 0 fully saturated rings. The summed E-state index contributed by atoms with van der Waals surface area (Å²) in [4.78, 5) is 16.5. The lowest BCUT2D eigenvalue weighted by atomic mass is 10.1. The number of benzene rings is 3. The molecular formula is C23H19N3O2. The third kappa shape index (κ3) is 3.06. The van der Waals surface area contributed by atoms with Gasteiger partial charge in [-0.3, -0.25) is 9.69 Å². The lowest BCUT2D eigenvalue weighted by Crippen LogP contribution is -2.27. The van der Waals surface area contributed by atoms with Crippen LogP contribution in [0, 0.1) is 11.3 Å². The van der Waals surface area contributed by atoms with Gasteiger partial charge < -0.3 is 9.64 Å². The first-order chi connectivity index (χ1) is 13.6. The van der Waals surface area contributed by atoms with Gasteiger partial charge in [0.1, 0.15) is 11.5 Å². The summed E-state index contributed by atoms with van der Waals surface area (Å²) < 4.78 is 5.88. The molecular weight excluding hydrogens is 350 g/mol. The zero-order valence-corrected chi connectivity index (χ0v) is 15.7. The highest BCUT2D eigenvalue weighted by atomic mass is 16.5. The molecule has 1 atom stereocenters. The Morgan fingerprint density at radius 3 is 2.46 bits per heavy atom. The fourth-order valence-corrected chi connectivity index (χ4v) is 3.35. The number of nitrogens with zero attached hydrogens (tertiary/aromatic N) is 3. The van der Waals surface area contributed by atoms with Gasteiger partial charge in [0.25, 0.3) is 5.91 Å². The normalized spacial score (nSPS) is 15.1. The minimum atomic E-state index is -0.695. The highest BCUT2D eigenvalue weighted by Gasteiger charge is 2.38. The van der Waals surface area contributed by atoms with E-state index in [0.29, 0.717) is 28.3 Å². The van der Waals surface area contributed by atoms with Gasteiger partial charge in [0, 0.05) is 36.6 Å². The summed E-state index contributed by atoms with van der Waals surface area (Å²) in [5.41, 5.74) is 2.86. The molecule has 0 saturated heterocycles. The maximum atomic E-state index is 13.0. The van der Waals surface area contributed by atoms with Crippen molar-refractivity contribution in [2.75, 3.05) is 23.9 Å². The van der Waals surface area contributed by atoms with Gasteiger partial charge in [0.15, 0.2) is 6.04 Å². The number of hydrogen-bond donors (Lipinski definition) is 0. The highest BCUT2D eigenvalue weighted by Crippen LogP contribution is 2.40. The Hall–Kier alpha value is -3.78. The number of carbonyl (C=O) groups is 1. The predicted molar refractivity (Wildman–Crippen MR) is 109 cm³/mol. The van der Waals surface area contributed by atoms with Crippen molar-refractivity contribution in [3.63, 3.8) is 0 Å². The Kier molecular flexibility index (Phi) is 4.46. The molecule has 0 aromatic heterocycles. The second-order valence-electron chi connectivity index (χ2n) is 6.79. The van der Waals surface area contributed by atoms with Crippen LogP contribution in [-0.2, 0) is 0 Å². The fraction of sp³-hybridized carbons (Fsp3) is 0.130. The van der Waals surface area contributed by atoms with E-state index in [1.54, 1.807) is 23.1 Å². The minimum absolute atomic E-state index is 0.177. The quantitative estimate of drug-likeness (QED) is 0.665. The van der Waals surface area contributed by atoms with Crippen molar-refractivity contribution in [2.45, 2.75) is 6.04 Å². The second-order valence-corrected chi connectivity index (χ2v) is 6.79. The van der Waals surface area contributed by atoms with Crippen LogP contribution in [-0.4, -0.2) is 20.0 Å². The number of nitriles is 1. The zero-order chi connectivity index (χ0) is 19.7. The van der Waals surface area contributed by atoms with Crippen LogP contribution < -0.4 is 14.5 Å². The third-order valence-corrected chi connectivity index (χ3v) is 4.75. The van der Waals surface area contributed by atoms with Crippen LogP contribution >= 0.6 is 0 Å². The van der Waals surface area contributed by atoms with E-state index in [9.17, 15) is 10.1 Å². The molecule has 0 saturated carbocycles. The van der Waals surface area contributed by atoms with Crippen molar-refractivity contribution in [3.05, 3.63) is 83.9 Å². The molecule has 5 nitrogen and oxygen atoms in total. The van der Waals surface area contributed by atoms with Crippen molar-refractivity contribution >= 4 is 17.3 Å². The van der Waals surface area contributed by atoms with Gasteiger partial charge in [-0.05, 0) is 48.5 Å². The summed E-state index contributed by atoms with van der Waals surface area (Å²) in [6.07, 6.45) is 0. The first kappa shape index (κ1) is 17.6. The van der Waals surface area contributed by atoms with Gasteiger partial charge in [-0.2, -0.15) is 5.26 Å². The molecule has 5 heteroatoms. The monoisotopic (exact) mass is 369 g/mol. The average Bonchev–Trinajstić information content (AvgIpc) is 3.00. The maximum absolute atomic E-state index is 13.0. The lowest BCUT2D eigenvalue weighted by molar-refractivity contribution is 0.0994. The zero-order valence-electron chi connectivity index (χ0n) is 15.7. The molecule has 0 N–H and O–H groups in total. The number of hydrogen-bond acceptors (Lipinski definition) is 4. The van der Waals surface area contributed by atoms with Gasteiger partial charge in [-0.25, -0.2) is 0 Å². The molecule has 3 aromatic carbocycles. The summed E-state index contributed by atoms with van der Waals surface area (Å²) in [6, 6.07) is 23.9. The van der Waals surface area contributed by atoms with Crippen LogP contribution in [0.2, 0.25) is 0 Å². The number of para-hydroxylation sites is 1. The van der Waals surface area contributed by atoms with Crippen molar-refractivity contribution in [3.8, 4) is 17.6 Å². The topological polar surface area (TPSA) is 56.6 Å². The largest absolute Gasteiger partial charge is 0.457 e. The molecule has 0 bridgehead atoms. The summed E-state index contributed by atoms with van der Waals surface area (Å²) in [7, 11) is 3.88. The van der Waals surface area contributed by atoms with Crippen molar-refractivity contribution < 1.29 is 9.53 Å². The minimum Gasteiger partial charge on any atom is -0.457 e. The Balaban J connectivity index is 1.71. The molecule has 0 radical (unpaired) electrons. The maximum Gasteiger partial charge on any atom is 0.260 e. The van der Waals surface area contributed by atoms with Crippen LogP contribution in [0.25, 0.3) is 0 Å². The van der Waals surface area contributed by atoms with Crippen molar-refractivity contribution in [1.82, 2.24) is 0 Å². The molecule has 0 spiro atoms. The van der Waals surface area contributed by atoms with Crippen LogP contribution in [0.1, 0.15) is 22.0 Å². The molecule has 1 aliphatic heterocycles. The van der Waals surface area contributed by atoms with E-state index in [0.717, 1.165) is 5.69 Å². The van der Waals surface area contributed by atoms with Gasteiger partial charge in [-0.15, -0.1) is 0 Å². The highest BCUT2D eigenvalue weighted by molar-refractivity contribution is 6.11. The Morgan fingerprint density at radius 1 is 0.964 bits per heavy atom. The van der Waals surface area contributed by atoms with E-state index in [4.69, 9.17) is 4.74 Å². The Labute approximate surface area is 164 Å². The molecule has 138 valence electrons. The Bertz CT molecular complexity index is 1070. The predicted octanol–water partition coefficient (Wildman–Crippen LogP) is 4.77. The lowest BCUT2D eigenvalue weighted by Gasteiger charge is -2.22. The smallest absolute Gasteiger partial charge is 0.260 e. The van der Waals surface area contributed by atoms with E-state index in [1.807, 2.05) is 73.6 Å². The molecule has 1 unspecified atom stereocenters. The number of fused-ring (bicyclic) bond motifs is 1. The first-order valence-electron chi connectivity index (χ1n) is 8.96. The molecule has 28 heavy (non-hydrogen) atoms. The van der Waals surface area contributed by atoms with Crippen molar-refractivity contribution in [1.29, 1.82) is 5.26 Å². The fourth-order valence-electron chi connectivity index (χ4n) is 3.35. The third-order valence-electron chi connectivity index (χ3n) is 4.75. The SMILES string of the molecule is CN(C)c1cccc(N2C(=O)c3ccc(Oc4ccccc4)cc3C2C#N)c1. The van der Waals surface area contributed by atoms with Gasteiger partial charge >= 0.3 is 0 Å². The van der Waals surface area contributed by atoms with Crippen LogP contribution in [0.5, 0.6) is 11.5 Å². The molecule has 1 amide bonds. The van der Waals surface area contributed by atoms with Gasteiger partial charge in [0.05, 0.1) is 6.07 Å². The molecule has 1 heterocycles. The number of rotatable bonds is 4. The molecule has 1 aliphatic rings. The van der Waals surface area contributed by atoms with E-state index in [1.165, 1.54) is 0 Å². The average molecular weight is 369 g/mol. The number of anilines is 2. The van der Waals surface area contributed by atoms with Crippen LogP contribution in [0.15, 0.2) is 72.8 Å². The van der Waals surface area contributed by atoms with Gasteiger partial charge in [-0.1, -0.05) is 24.3 Å². The molecule has 0 aliphatic carbocycles. The Morgan fingerprint density at radius 2 is 1.75 bits per heavy atom. The van der Waals surface area contributed by atoms with E-state index in [-0.39, 0.29) is 5.91 Å². The molecule has 4 rings (SSSR count). The number of amides is 1. The molecule has 3 aromatic rings. The number of carbonyl (C=O) groups excluding carboxylic acids is 1. The second kappa shape index (κ2) is 7.09. The van der Waals surface area contributed by atoms with Gasteiger partial charge in [0.2, 0.25) is 0 Å². The standard InChI is InChI=1S/C23H19N3O2/c1-25(2)16-7-6-8-17(13-16)26-22(15-24)21-14-19(11-12-20(21)23(26)27)28-18-9-4-3-5-10-18/h3-14,22H,1-2H3. The van der Waals surface area contributed by atoms with E-state index < -0.39 is 6.04 Å². The summed E-state index contributed by atoms with van der Waals surface area (Å²) >= 11 is 0. The summed E-state index contributed by atoms with van der Waals surface area (Å²) in [5, 5.41) is 9.83. The summed E-state index contributed by atoms with van der Waals surface area (Å²) in [5.74, 6) is 1.13. The van der Waals surface area contributed by atoms with Crippen LogP contribution in [0.3, 0.4) is 0 Å².